The summed E-state index contributed by atoms with van der Waals surface area (Å²) in [6.45, 7) is 2.87. The van der Waals surface area contributed by atoms with Crippen molar-refractivity contribution in [3.63, 3.8) is 0 Å². The summed E-state index contributed by atoms with van der Waals surface area (Å²) < 4.78 is 8.93. The van der Waals surface area contributed by atoms with Gasteiger partial charge in [0.1, 0.15) is 17.3 Å². The van der Waals surface area contributed by atoms with Gasteiger partial charge >= 0.3 is 0 Å². The van der Waals surface area contributed by atoms with Gasteiger partial charge in [0.15, 0.2) is 0 Å². The summed E-state index contributed by atoms with van der Waals surface area (Å²) in [6.07, 6.45) is 5.63. The van der Waals surface area contributed by atoms with Crippen LogP contribution in [0.1, 0.15) is 16.2 Å². The Morgan fingerprint density at radius 2 is 2.07 bits per heavy atom. The zero-order chi connectivity index (χ0) is 19.5. The highest BCUT2D eigenvalue weighted by Crippen LogP contribution is 2.26. The molecule has 0 aliphatic carbocycles. The van der Waals surface area contributed by atoms with Gasteiger partial charge in [0, 0.05) is 32.2 Å². The molecule has 0 bridgehead atoms. The lowest BCUT2D eigenvalue weighted by Gasteiger charge is -2.03. The van der Waals surface area contributed by atoms with Crippen molar-refractivity contribution in [1.29, 1.82) is 0 Å². The maximum Gasteiger partial charge on any atom is 0.253 e. The molecule has 0 saturated carbocycles. The second kappa shape index (κ2) is 7.66. The van der Waals surface area contributed by atoms with Gasteiger partial charge in [0.2, 0.25) is 0 Å². The number of amides is 1. The number of rotatable bonds is 6. The summed E-state index contributed by atoms with van der Waals surface area (Å²) in [5, 5.41) is 2.89. The summed E-state index contributed by atoms with van der Waals surface area (Å²) in [5.41, 5.74) is 3.07. The molecule has 1 N–H and O–H groups in total. The zero-order valence-electron chi connectivity index (χ0n) is 15.8. The van der Waals surface area contributed by atoms with Gasteiger partial charge in [-0.05, 0) is 37.3 Å². The van der Waals surface area contributed by atoms with E-state index in [9.17, 15) is 4.79 Å². The summed E-state index contributed by atoms with van der Waals surface area (Å²) in [7, 11) is 1.61. The normalized spacial score (nSPS) is 11.1. The topological polar surface area (TPSA) is 73.4 Å². The number of ether oxygens (including phenoxy) is 1. The van der Waals surface area contributed by atoms with Crippen molar-refractivity contribution in [2.45, 2.75) is 6.92 Å². The number of hydrogen-bond acceptors (Lipinski definition) is 4. The Balaban J connectivity index is 1.77. The lowest BCUT2D eigenvalue weighted by atomic mass is 10.2. The van der Waals surface area contributed by atoms with Gasteiger partial charge in [0.25, 0.3) is 5.91 Å². The molecule has 4 rings (SSSR count). The van der Waals surface area contributed by atoms with Gasteiger partial charge < -0.3 is 14.5 Å². The van der Waals surface area contributed by atoms with E-state index >= 15 is 0 Å². The molecule has 0 atom stereocenters. The van der Waals surface area contributed by atoms with E-state index in [0.717, 1.165) is 28.5 Å². The highest BCUT2D eigenvalue weighted by molar-refractivity contribution is 6.02. The average Bonchev–Trinajstić information content (AvgIpc) is 3.29. The molecule has 4 aromatic heterocycles. The molecule has 4 heterocycles. The van der Waals surface area contributed by atoms with E-state index in [1.807, 2.05) is 70.7 Å². The maximum atomic E-state index is 12.7. The Morgan fingerprint density at radius 3 is 2.86 bits per heavy atom. The van der Waals surface area contributed by atoms with Gasteiger partial charge in [-0.2, -0.15) is 0 Å². The fourth-order valence-electron chi connectivity index (χ4n) is 3.22. The first-order chi connectivity index (χ1) is 13.7. The van der Waals surface area contributed by atoms with Crippen molar-refractivity contribution in [1.82, 2.24) is 24.3 Å². The first kappa shape index (κ1) is 17.9. The number of carbonyl (C=O) groups excluding carboxylic acids is 1. The monoisotopic (exact) mass is 375 g/mol. The Hall–Kier alpha value is -3.45. The fraction of sp³-hybridized carbons (Fsp3) is 0.190. The second-order valence-corrected chi connectivity index (χ2v) is 6.38. The Labute approximate surface area is 162 Å². The smallest absolute Gasteiger partial charge is 0.253 e. The molecule has 7 heteroatoms. The number of nitrogens with one attached hydrogen (secondary N) is 1. The van der Waals surface area contributed by atoms with Crippen molar-refractivity contribution < 1.29 is 9.53 Å². The van der Waals surface area contributed by atoms with Crippen molar-refractivity contribution in [3.05, 3.63) is 72.4 Å². The number of hydrogen-bond donors (Lipinski definition) is 1. The largest absolute Gasteiger partial charge is 0.383 e. The van der Waals surface area contributed by atoms with Crippen molar-refractivity contribution in [2.24, 2.45) is 0 Å². The average molecular weight is 375 g/mol. The first-order valence-electron chi connectivity index (χ1n) is 9.04. The van der Waals surface area contributed by atoms with Crippen LogP contribution in [0.4, 0.5) is 0 Å². The molecule has 28 heavy (non-hydrogen) atoms. The van der Waals surface area contributed by atoms with Crippen LogP contribution in [0.2, 0.25) is 0 Å². The number of aryl methyl sites for hydroxylation is 1. The zero-order valence-corrected chi connectivity index (χ0v) is 15.8. The van der Waals surface area contributed by atoms with Gasteiger partial charge in [-0.3, -0.25) is 9.36 Å². The van der Waals surface area contributed by atoms with E-state index in [-0.39, 0.29) is 5.91 Å². The van der Waals surface area contributed by atoms with Crippen molar-refractivity contribution in [3.8, 4) is 17.2 Å². The molecule has 0 saturated heterocycles. The number of nitrogens with zero attached hydrogens (tertiary/aromatic N) is 4. The van der Waals surface area contributed by atoms with Crippen molar-refractivity contribution in [2.75, 3.05) is 20.3 Å². The third-order valence-electron chi connectivity index (χ3n) is 4.55. The molecule has 4 aromatic rings. The molecule has 0 radical (unpaired) electrons. The molecule has 142 valence electrons. The van der Waals surface area contributed by atoms with Crippen LogP contribution >= 0.6 is 0 Å². The third kappa shape index (κ3) is 3.27. The Morgan fingerprint density at radius 1 is 1.21 bits per heavy atom. The predicted octanol–water partition coefficient (Wildman–Crippen LogP) is 2.87. The summed E-state index contributed by atoms with van der Waals surface area (Å²) in [5.74, 6) is 1.50. The molecule has 0 aliphatic heterocycles. The standard InChI is InChI=1S/C21H21N5O2/c1-15-24-17(14-26(15)20-8-3-5-9-22-20)19-13-16(21(27)23-10-12-28-2)18-7-4-6-11-25(18)19/h3-9,11,13-14H,10,12H2,1-2H3,(H,23,27). The van der Waals surface area contributed by atoms with Gasteiger partial charge in [-0.15, -0.1) is 0 Å². The SMILES string of the molecule is COCCNC(=O)c1cc(-c2cn(-c3ccccn3)c(C)n2)n2ccccc12. The quantitative estimate of drug-likeness (QED) is 0.526. The van der Waals surface area contributed by atoms with Crippen LogP contribution in [0.15, 0.2) is 61.1 Å². The molecular weight excluding hydrogens is 354 g/mol. The molecule has 0 unspecified atom stereocenters. The molecule has 0 aromatic carbocycles. The van der Waals surface area contributed by atoms with E-state index in [0.29, 0.717) is 18.7 Å². The lowest BCUT2D eigenvalue weighted by Crippen LogP contribution is -2.26. The lowest BCUT2D eigenvalue weighted by molar-refractivity contribution is 0.0939. The number of pyridine rings is 2. The third-order valence-corrected chi connectivity index (χ3v) is 4.55. The Bertz CT molecular complexity index is 1110. The van der Waals surface area contributed by atoms with E-state index in [1.54, 1.807) is 13.3 Å². The van der Waals surface area contributed by atoms with Crippen LogP contribution in [0.25, 0.3) is 22.7 Å². The molecule has 0 spiro atoms. The fourth-order valence-corrected chi connectivity index (χ4v) is 3.22. The van der Waals surface area contributed by atoms with E-state index in [1.165, 1.54) is 0 Å². The van der Waals surface area contributed by atoms with Crippen LogP contribution in [-0.2, 0) is 4.74 Å². The molecule has 7 nitrogen and oxygen atoms in total. The molecule has 0 fully saturated rings. The molecule has 0 aliphatic rings. The minimum atomic E-state index is -0.132. The van der Waals surface area contributed by atoms with Gasteiger partial charge in [0.05, 0.1) is 23.4 Å². The van der Waals surface area contributed by atoms with E-state index in [4.69, 9.17) is 9.72 Å². The van der Waals surface area contributed by atoms with Crippen LogP contribution in [0.3, 0.4) is 0 Å². The summed E-state index contributed by atoms with van der Waals surface area (Å²) in [6, 6.07) is 13.4. The molecular formula is C21H21N5O2. The van der Waals surface area contributed by atoms with Crippen molar-refractivity contribution >= 4 is 11.4 Å². The minimum Gasteiger partial charge on any atom is -0.383 e. The minimum absolute atomic E-state index is 0.132. The maximum absolute atomic E-state index is 12.7. The van der Waals surface area contributed by atoms with Crippen LogP contribution in [-0.4, -0.2) is 45.1 Å². The van der Waals surface area contributed by atoms with Gasteiger partial charge in [-0.1, -0.05) is 12.1 Å². The number of methoxy groups -OCH3 is 1. The number of aromatic nitrogens is 4. The van der Waals surface area contributed by atoms with Gasteiger partial charge in [-0.25, -0.2) is 9.97 Å². The number of imidazole rings is 1. The number of carbonyl (C=O) groups is 1. The van der Waals surface area contributed by atoms with Crippen LogP contribution in [0.5, 0.6) is 0 Å². The highest BCUT2D eigenvalue weighted by atomic mass is 16.5. The summed E-state index contributed by atoms with van der Waals surface area (Å²) in [4.78, 5) is 21.8. The van der Waals surface area contributed by atoms with Crippen LogP contribution < -0.4 is 5.32 Å². The van der Waals surface area contributed by atoms with E-state index in [2.05, 4.69) is 10.3 Å². The number of fused-ring (bicyclic) bond motifs is 1. The van der Waals surface area contributed by atoms with E-state index < -0.39 is 0 Å². The summed E-state index contributed by atoms with van der Waals surface area (Å²) >= 11 is 0. The first-order valence-corrected chi connectivity index (χ1v) is 9.04. The molecule has 1 amide bonds. The predicted molar refractivity (Wildman–Crippen MR) is 107 cm³/mol. The second-order valence-electron chi connectivity index (χ2n) is 6.38. The van der Waals surface area contributed by atoms with Crippen LogP contribution in [0, 0.1) is 6.92 Å². The Kier molecular flexibility index (Phi) is 4.90. The highest BCUT2D eigenvalue weighted by Gasteiger charge is 2.18.